The minimum absolute atomic E-state index is 0.0770. The number of aromatic nitrogens is 1. The van der Waals surface area contributed by atoms with Crippen LogP contribution in [0.25, 0.3) is 10.9 Å². The first-order valence-corrected chi connectivity index (χ1v) is 7.93. The van der Waals surface area contributed by atoms with Crippen molar-refractivity contribution >= 4 is 34.3 Å². The molecular weight excluding hydrogens is 270 g/mol. The fourth-order valence-corrected chi connectivity index (χ4v) is 2.39. The van der Waals surface area contributed by atoms with E-state index >= 15 is 0 Å². The van der Waals surface area contributed by atoms with Crippen molar-refractivity contribution in [2.45, 2.75) is 6.42 Å². The standard InChI is InChI=1S/C15H19N3OS/c1-16-14(15(19)17-7-8-20-2)9-11-10-18-13-6-4-3-5-12(11)13/h3-6,10,18H,7-9H2,1-2H3,(H,17,19)/b16-14+. The van der Waals surface area contributed by atoms with E-state index in [1.54, 1.807) is 18.8 Å². The monoisotopic (exact) mass is 289 g/mol. The molecule has 0 aliphatic rings. The van der Waals surface area contributed by atoms with Crippen LogP contribution in [0.1, 0.15) is 5.56 Å². The number of para-hydroxylation sites is 1. The Balaban J connectivity index is 2.08. The van der Waals surface area contributed by atoms with E-state index in [0.29, 0.717) is 18.7 Å². The summed E-state index contributed by atoms with van der Waals surface area (Å²) in [5.74, 6) is 0.836. The Hall–Kier alpha value is -1.75. The molecule has 2 aromatic rings. The predicted octanol–water partition coefficient (Wildman–Crippen LogP) is 2.26. The van der Waals surface area contributed by atoms with Gasteiger partial charge in [-0.3, -0.25) is 9.79 Å². The van der Waals surface area contributed by atoms with Crippen molar-refractivity contribution in [1.82, 2.24) is 10.3 Å². The number of carbonyl (C=O) groups is 1. The fraction of sp³-hybridized carbons (Fsp3) is 0.333. The molecule has 0 unspecified atom stereocenters. The van der Waals surface area contributed by atoms with E-state index in [-0.39, 0.29) is 5.91 Å². The number of amides is 1. The summed E-state index contributed by atoms with van der Waals surface area (Å²) in [6, 6.07) is 8.08. The Morgan fingerprint density at radius 2 is 2.20 bits per heavy atom. The number of aromatic amines is 1. The second-order valence-corrected chi connectivity index (χ2v) is 5.44. The average molecular weight is 289 g/mol. The molecule has 0 saturated carbocycles. The number of hydrogen-bond donors (Lipinski definition) is 2. The minimum atomic E-state index is -0.0770. The molecule has 2 rings (SSSR count). The number of carbonyl (C=O) groups excluding carboxylic acids is 1. The van der Waals surface area contributed by atoms with Crippen LogP contribution in [0.3, 0.4) is 0 Å². The van der Waals surface area contributed by atoms with E-state index in [0.717, 1.165) is 22.2 Å². The first-order valence-electron chi connectivity index (χ1n) is 6.54. The van der Waals surface area contributed by atoms with Gasteiger partial charge in [0.05, 0.1) is 0 Å². The van der Waals surface area contributed by atoms with Gasteiger partial charge < -0.3 is 10.3 Å². The van der Waals surface area contributed by atoms with Gasteiger partial charge in [0.1, 0.15) is 5.71 Å². The van der Waals surface area contributed by atoms with Crippen LogP contribution in [0.15, 0.2) is 35.5 Å². The Kier molecular flexibility index (Phi) is 5.24. The van der Waals surface area contributed by atoms with Crippen LogP contribution in [0.4, 0.5) is 0 Å². The molecule has 4 nitrogen and oxygen atoms in total. The van der Waals surface area contributed by atoms with Crippen LogP contribution in [0, 0.1) is 0 Å². The highest BCUT2D eigenvalue weighted by Crippen LogP contribution is 2.18. The molecule has 106 valence electrons. The van der Waals surface area contributed by atoms with E-state index in [1.165, 1.54) is 0 Å². The highest BCUT2D eigenvalue weighted by Gasteiger charge is 2.13. The van der Waals surface area contributed by atoms with Crippen LogP contribution in [0.2, 0.25) is 0 Å². The van der Waals surface area contributed by atoms with Gasteiger partial charge in [0, 0.05) is 42.9 Å². The lowest BCUT2D eigenvalue weighted by molar-refractivity contribution is -0.114. The zero-order chi connectivity index (χ0) is 14.4. The largest absolute Gasteiger partial charge is 0.361 e. The Morgan fingerprint density at radius 1 is 1.40 bits per heavy atom. The second-order valence-electron chi connectivity index (χ2n) is 4.46. The molecule has 20 heavy (non-hydrogen) atoms. The van der Waals surface area contributed by atoms with Crippen molar-refractivity contribution in [1.29, 1.82) is 0 Å². The normalized spacial score (nSPS) is 11.8. The summed E-state index contributed by atoms with van der Waals surface area (Å²) in [5.41, 5.74) is 2.75. The van der Waals surface area contributed by atoms with Gasteiger partial charge >= 0.3 is 0 Å². The number of hydrogen-bond acceptors (Lipinski definition) is 3. The van der Waals surface area contributed by atoms with Crippen molar-refractivity contribution in [2.24, 2.45) is 4.99 Å². The third kappa shape index (κ3) is 3.42. The maximum absolute atomic E-state index is 12.1. The third-order valence-corrected chi connectivity index (χ3v) is 3.77. The first kappa shape index (κ1) is 14.7. The third-order valence-electron chi connectivity index (χ3n) is 3.16. The molecule has 1 amide bonds. The van der Waals surface area contributed by atoms with Crippen molar-refractivity contribution in [2.75, 3.05) is 25.6 Å². The lowest BCUT2D eigenvalue weighted by Gasteiger charge is -2.06. The molecular formula is C15H19N3OS. The van der Waals surface area contributed by atoms with Gasteiger partial charge in [-0.15, -0.1) is 0 Å². The predicted molar refractivity (Wildman–Crippen MR) is 86.8 cm³/mol. The number of H-pyrrole nitrogens is 1. The van der Waals surface area contributed by atoms with Gasteiger partial charge in [0.25, 0.3) is 5.91 Å². The molecule has 0 fully saturated rings. The van der Waals surface area contributed by atoms with Crippen molar-refractivity contribution in [3.05, 3.63) is 36.0 Å². The topological polar surface area (TPSA) is 57.2 Å². The summed E-state index contributed by atoms with van der Waals surface area (Å²) in [5, 5.41) is 4.04. The zero-order valence-corrected chi connectivity index (χ0v) is 12.6. The summed E-state index contributed by atoms with van der Waals surface area (Å²) in [4.78, 5) is 19.4. The van der Waals surface area contributed by atoms with E-state index < -0.39 is 0 Å². The summed E-state index contributed by atoms with van der Waals surface area (Å²) in [7, 11) is 1.67. The van der Waals surface area contributed by atoms with Gasteiger partial charge in [-0.1, -0.05) is 18.2 Å². The van der Waals surface area contributed by atoms with Gasteiger partial charge in [-0.05, 0) is 17.9 Å². The molecule has 0 spiro atoms. The highest BCUT2D eigenvalue weighted by atomic mass is 32.2. The number of thioether (sulfide) groups is 1. The van der Waals surface area contributed by atoms with Gasteiger partial charge in [-0.2, -0.15) is 11.8 Å². The van der Waals surface area contributed by atoms with E-state index in [9.17, 15) is 4.79 Å². The fourth-order valence-electron chi connectivity index (χ4n) is 2.09. The molecule has 0 aliphatic heterocycles. The van der Waals surface area contributed by atoms with Gasteiger partial charge in [0.2, 0.25) is 0 Å². The molecule has 0 bridgehead atoms. The molecule has 0 aliphatic carbocycles. The lowest BCUT2D eigenvalue weighted by atomic mass is 10.1. The van der Waals surface area contributed by atoms with Crippen LogP contribution in [-0.4, -0.2) is 42.2 Å². The van der Waals surface area contributed by atoms with E-state index in [1.807, 2.05) is 30.7 Å². The number of nitrogens with one attached hydrogen (secondary N) is 2. The maximum atomic E-state index is 12.1. The average Bonchev–Trinajstić information content (AvgIpc) is 2.88. The number of rotatable bonds is 6. The summed E-state index contributed by atoms with van der Waals surface area (Å²) in [6.07, 6.45) is 4.52. The van der Waals surface area contributed by atoms with E-state index in [4.69, 9.17) is 0 Å². The molecule has 0 atom stereocenters. The Morgan fingerprint density at radius 3 is 2.95 bits per heavy atom. The zero-order valence-electron chi connectivity index (χ0n) is 11.8. The van der Waals surface area contributed by atoms with Crippen LogP contribution < -0.4 is 5.32 Å². The van der Waals surface area contributed by atoms with Crippen LogP contribution in [0.5, 0.6) is 0 Å². The number of fused-ring (bicyclic) bond motifs is 1. The molecule has 0 radical (unpaired) electrons. The first-order chi connectivity index (χ1) is 9.76. The van der Waals surface area contributed by atoms with Crippen LogP contribution in [-0.2, 0) is 11.2 Å². The van der Waals surface area contributed by atoms with Crippen molar-refractivity contribution in [3.8, 4) is 0 Å². The number of nitrogens with zero attached hydrogens (tertiary/aromatic N) is 1. The summed E-state index contributed by atoms with van der Waals surface area (Å²) < 4.78 is 0. The summed E-state index contributed by atoms with van der Waals surface area (Å²) >= 11 is 1.71. The van der Waals surface area contributed by atoms with E-state index in [2.05, 4.69) is 21.4 Å². The lowest BCUT2D eigenvalue weighted by Crippen LogP contribution is -2.33. The Labute approximate surface area is 123 Å². The maximum Gasteiger partial charge on any atom is 0.265 e. The smallest absolute Gasteiger partial charge is 0.265 e. The molecule has 1 heterocycles. The van der Waals surface area contributed by atoms with Gasteiger partial charge in [0.15, 0.2) is 0 Å². The number of benzene rings is 1. The Bertz CT molecular complexity index is 618. The molecule has 1 aromatic carbocycles. The quantitative estimate of drug-likeness (QED) is 0.633. The molecule has 5 heteroatoms. The van der Waals surface area contributed by atoms with Gasteiger partial charge in [-0.25, -0.2) is 0 Å². The number of aliphatic imine (C=N–C) groups is 1. The molecule has 0 saturated heterocycles. The second kappa shape index (κ2) is 7.14. The van der Waals surface area contributed by atoms with Crippen molar-refractivity contribution < 1.29 is 4.79 Å². The van der Waals surface area contributed by atoms with Crippen LogP contribution >= 0.6 is 11.8 Å². The molecule has 1 aromatic heterocycles. The SMILES string of the molecule is C/N=C(\Cc1c[nH]c2ccccc12)C(=O)NCCSC. The summed E-state index contributed by atoms with van der Waals surface area (Å²) in [6.45, 7) is 0.674. The highest BCUT2D eigenvalue weighted by molar-refractivity contribution is 7.98. The minimum Gasteiger partial charge on any atom is -0.361 e. The molecule has 2 N–H and O–H groups in total. The van der Waals surface area contributed by atoms with Crippen molar-refractivity contribution in [3.63, 3.8) is 0 Å².